The highest BCUT2D eigenvalue weighted by Gasteiger charge is 2.44. The highest BCUT2D eigenvalue weighted by Crippen LogP contribution is 2.40. The number of nitrogens with one attached hydrogen (secondary N) is 1. The minimum Gasteiger partial charge on any atom is -0.343 e. The number of aromatic nitrogens is 1. The summed E-state index contributed by atoms with van der Waals surface area (Å²) >= 11 is 1.55. The van der Waals surface area contributed by atoms with Crippen LogP contribution in [0.4, 0.5) is 10.1 Å². The zero-order valence-electron chi connectivity index (χ0n) is 14.3. The molecule has 7 heteroatoms. The van der Waals surface area contributed by atoms with Gasteiger partial charge in [0.1, 0.15) is 16.7 Å². The third kappa shape index (κ3) is 3.00. The van der Waals surface area contributed by atoms with Gasteiger partial charge in [0.15, 0.2) is 0 Å². The van der Waals surface area contributed by atoms with Crippen molar-refractivity contribution in [3.63, 3.8) is 0 Å². The number of amides is 2. The van der Waals surface area contributed by atoms with E-state index in [1.54, 1.807) is 34.6 Å². The molecule has 2 aromatic rings. The van der Waals surface area contributed by atoms with Gasteiger partial charge >= 0.3 is 0 Å². The maximum atomic E-state index is 13.1. The molecule has 1 saturated heterocycles. The summed E-state index contributed by atoms with van der Waals surface area (Å²) in [7, 11) is 0. The normalized spacial score (nSPS) is 22.0. The second-order valence-corrected chi connectivity index (χ2v) is 7.82. The molecule has 0 bridgehead atoms. The average molecular weight is 373 g/mol. The van der Waals surface area contributed by atoms with Crippen molar-refractivity contribution in [2.75, 3.05) is 11.4 Å². The van der Waals surface area contributed by atoms with E-state index in [-0.39, 0.29) is 17.6 Å². The van der Waals surface area contributed by atoms with Crippen molar-refractivity contribution in [1.29, 1.82) is 0 Å². The van der Waals surface area contributed by atoms with Gasteiger partial charge in [-0.25, -0.2) is 9.37 Å². The highest BCUT2D eigenvalue weighted by molar-refractivity contribution is 7.09. The number of nitrogens with zero attached hydrogens (tertiary/aromatic N) is 2. The lowest BCUT2D eigenvalue weighted by atomic mass is 9.96. The molecule has 1 N–H and O–H groups in total. The van der Waals surface area contributed by atoms with E-state index in [1.807, 2.05) is 5.38 Å². The summed E-state index contributed by atoms with van der Waals surface area (Å²) in [6.07, 6.45) is 6.02. The largest absolute Gasteiger partial charge is 0.343 e. The van der Waals surface area contributed by atoms with Crippen LogP contribution >= 0.6 is 11.3 Å². The molecule has 2 fully saturated rings. The smallest absolute Gasteiger partial charge is 0.239 e. The van der Waals surface area contributed by atoms with E-state index in [0.717, 1.165) is 30.7 Å². The minimum atomic E-state index is -0.697. The molecule has 2 heterocycles. The van der Waals surface area contributed by atoms with Crippen molar-refractivity contribution in [3.05, 3.63) is 46.7 Å². The third-order valence-electron chi connectivity index (χ3n) is 5.32. The summed E-state index contributed by atoms with van der Waals surface area (Å²) in [5, 5.41) is 5.99. The highest BCUT2D eigenvalue weighted by atomic mass is 32.1. The Balaban J connectivity index is 1.50. The van der Waals surface area contributed by atoms with Crippen LogP contribution in [0.25, 0.3) is 0 Å². The monoisotopic (exact) mass is 373 g/mol. The molecule has 1 aromatic carbocycles. The van der Waals surface area contributed by atoms with Crippen molar-refractivity contribution < 1.29 is 14.0 Å². The van der Waals surface area contributed by atoms with Gasteiger partial charge in [-0.2, -0.15) is 0 Å². The SMILES string of the molecule is O=C(NC1(c2nccs2)CCCC1)C1CCN(c2ccc(F)cc2)C1=O. The van der Waals surface area contributed by atoms with E-state index in [1.165, 1.54) is 12.1 Å². The molecular formula is C19H20FN3O2S. The lowest BCUT2D eigenvalue weighted by molar-refractivity contribution is -0.133. The first kappa shape index (κ1) is 17.1. The van der Waals surface area contributed by atoms with E-state index in [9.17, 15) is 14.0 Å². The average Bonchev–Trinajstić information content (AvgIpc) is 3.36. The zero-order valence-corrected chi connectivity index (χ0v) is 15.1. The van der Waals surface area contributed by atoms with Crippen LogP contribution < -0.4 is 10.2 Å². The lowest BCUT2D eigenvalue weighted by Gasteiger charge is -2.29. The van der Waals surface area contributed by atoms with Crippen LogP contribution in [0.1, 0.15) is 37.1 Å². The number of carbonyl (C=O) groups is 2. The van der Waals surface area contributed by atoms with Gasteiger partial charge in [-0.3, -0.25) is 9.59 Å². The Labute approximate surface area is 155 Å². The second kappa shape index (κ2) is 6.79. The summed E-state index contributed by atoms with van der Waals surface area (Å²) < 4.78 is 13.1. The van der Waals surface area contributed by atoms with Crippen LogP contribution in [-0.4, -0.2) is 23.3 Å². The van der Waals surface area contributed by atoms with Gasteiger partial charge in [-0.1, -0.05) is 12.8 Å². The maximum absolute atomic E-state index is 13.1. The van der Waals surface area contributed by atoms with Crippen LogP contribution in [0.5, 0.6) is 0 Å². The molecule has 1 aliphatic heterocycles. The minimum absolute atomic E-state index is 0.221. The van der Waals surface area contributed by atoms with Crippen LogP contribution in [0, 0.1) is 11.7 Å². The standard InChI is InChI=1S/C19H20FN3O2S/c20-13-3-5-14(6-4-13)23-11-7-15(17(23)25)16(24)22-19(8-1-2-9-19)18-21-10-12-26-18/h3-6,10,12,15H,1-2,7-9,11H2,(H,22,24). The summed E-state index contributed by atoms with van der Waals surface area (Å²) in [6.45, 7) is 0.465. The van der Waals surface area contributed by atoms with Gasteiger partial charge in [0, 0.05) is 23.8 Å². The first-order chi connectivity index (χ1) is 12.6. The molecule has 1 atom stereocenters. The Bertz CT molecular complexity index is 801. The van der Waals surface area contributed by atoms with Gasteiger partial charge in [-0.05, 0) is 43.5 Å². The molecule has 136 valence electrons. The molecule has 26 heavy (non-hydrogen) atoms. The molecule has 1 aromatic heterocycles. The van der Waals surface area contributed by atoms with Crippen molar-refractivity contribution in [3.8, 4) is 0 Å². The van der Waals surface area contributed by atoms with Gasteiger partial charge in [0.2, 0.25) is 11.8 Å². The van der Waals surface area contributed by atoms with Crippen LogP contribution in [0.15, 0.2) is 35.8 Å². The van der Waals surface area contributed by atoms with Gasteiger partial charge in [-0.15, -0.1) is 11.3 Å². The van der Waals surface area contributed by atoms with Crippen molar-refractivity contribution in [2.45, 2.75) is 37.6 Å². The number of thiazole rings is 1. The summed E-state index contributed by atoms with van der Waals surface area (Å²) in [4.78, 5) is 31.6. The van der Waals surface area contributed by atoms with E-state index in [4.69, 9.17) is 0 Å². The molecule has 1 saturated carbocycles. The predicted octanol–water partition coefficient (Wildman–Crippen LogP) is 3.22. The fourth-order valence-corrected chi connectivity index (χ4v) is 4.81. The number of hydrogen-bond acceptors (Lipinski definition) is 4. The topological polar surface area (TPSA) is 62.3 Å². The van der Waals surface area contributed by atoms with Crippen molar-refractivity contribution in [1.82, 2.24) is 10.3 Å². The molecular weight excluding hydrogens is 353 g/mol. The fourth-order valence-electron chi connectivity index (χ4n) is 3.95. The number of halogens is 1. The molecule has 4 rings (SSSR count). The molecule has 0 spiro atoms. The van der Waals surface area contributed by atoms with E-state index >= 15 is 0 Å². The molecule has 2 amide bonds. The van der Waals surface area contributed by atoms with Crippen molar-refractivity contribution >= 4 is 28.8 Å². The van der Waals surface area contributed by atoms with E-state index in [0.29, 0.717) is 18.7 Å². The van der Waals surface area contributed by atoms with E-state index in [2.05, 4.69) is 10.3 Å². The first-order valence-corrected chi connectivity index (χ1v) is 9.76. The van der Waals surface area contributed by atoms with Gasteiger partial charge in [0.05, 0.1) is 5.54 Å². The van der Waals surface area contributed by atoms with Crippen LogP contribution in [0.3, 0.4) is 0 Å². The quantitative estimate of drug-likeness (QED) is 0.837. The Kier molecular flexibility index (Phi) is 4.48. The van der Waals surface area contributed by atoms with Gasteiger partial charge < -0.3 is 10.2 Å². The first-order valence-electron chi connectivity index (χ1n) is 8.88. The number of carbonyl (C=O) groups excluding carboxylic acids is 2. The number of hydrogen-bond donors (Lipinski definition) is 1. The second-order valence-electron chi connectivity index (χ2n) is 6.92. The Morgan fingerprint density at radius 3 is 2.65 bits per heavy atom. The van der Waals surface area contributed by atoms with Gasteiger partial charge in [0.25, 0.3) is 0 Å². The fraction of sp³-hybridized carbons (Fsp3) is 0.421. The molecule has 1 unspecified atom stereocenters. The van der Waals surface area contributed by atoms with Crippen molar-refractivity contribution in [2.24, 2.45) is 5.92 Å². The summed E-state index contributed by atoms with van der Waals surface area (Å²) in [5.74, 6) is -1.49. The van der Waals surface area contributed by atoms with E-state index < -0.39 is 11.5 Å². The Morgan fingerprint density at radius 2 is 2.00 bits per heavy atom. The number of benzene rings is 1. The molecule has 0 radical (unpaired) electrons. The third-order valence-corrected chi connectivity index (χ3v) is 6.30. The van der Waals surface area contributed by atoms with Crippen LogP contribution in [0.2, 0.25) is 0 Å². The number of anilines is 1. The Hall–Kier alpha value is -2.28. The maximum Gasteiger partial charge on any atom is 0.239 e. The predicted molar refractivity (Wildman–Crippen MR) is 97.3 cm³/mol. The van der Waals surface area contributed by atoms with Crippen LogP contribution in [-0.2, 0) is 15.1 Å². The Morgan fingerprint density at radius 1 is 1.27 bits per heavy atom. The molecule has 1 aliphatic carbocycles. The lowest BCUT2D eigenvalue weighted by Crippen LogP contribution is -2.48. The molecule has 2 aliphatic rings. The number of rotatable bonds is 4. The zero-order chi connectivity index (χ0) is 18.1. The summed E-state index contributed by atoms with van der Waals surface area (Å²) in [5.41, 5.74) is 0.191. The summed E-state index contributed by atoms with van der Waals surface area (Å²) in [6, 6.07) is 5.79. The molecule has 5 nitrogen and oxygen atoms in total.